The Morgan fingerprint density at radius 3 is 2.31 bits per heavy atom. The van der Waals surface area contributed by atoms with Crippen LogP contribution in [0, 0.1) is 5.82 Å². The molecule has 2 heteroatoms. The van der Waals surface area contributed by atoms with Crippen molar-refractivity contribution in [1.29, 1.82) is 0 Å². The van der Waals surface area contributed by atoms with Gasteiger partial charge in [-0.05, 0) is 31.5 Å². The Labute approximate surface area is 78.3 Å². The van der Waals surface area contributed by atoms with Crippen molar-refractivity contribution in [2.75, 3.05) is 0 Å². The first-order valence-electron chi connectivity index (χ1n) is 4.31. The van der Waals surface area contributed by atoms with Crippen molar-refractivity contribution in [3.05, 3.63) is 42.2 Å². The van der Waals surface area contributed by atoms with Crippen LogP contribution in [-0.2, 0) is 0 Å². The van der Waals surface area contributed by atoms with E-state index in [0.717, 1.165) is 11.3 Å². The van der Waals surface area contributed by atoms with Gasteiger partial charge in [0.05, 0.1) is 0 Å². The highest BCUT2D eigenvalue weighted by molar-refractivity contribution is 5.61. The van der Waals surface area contributed by atoms with Crippen LogP contribution in [0.2, 0.25) is 0 Å². The zero-order chi connectivity index (χ0) is 9.84. The number of hydrogen-bond donors (Lipinski definition) is 1. The monoisotopic (exact) mass is 179 g/mol. The van der Waals surface area contributed by atoms with Gasteiger partial charge in [-0.1, -0.05) is 18.7 Å². The first-order chi connectivity index (χ1) is 6.09. The van der Waals surface area contributed by atoms with Gasteiger partial charge in [-0.25, -0.2) is 4.39 Å². The Hall–Kier alpha value is -1.31. The van der Waals surface area contributed by atoms with Gasteiger partial charge in [0.15, 0.2) is 0 Å². The maximum Gasteiger partial charge on any atom is 0.123 e. The fraction of sp³-hybridized carbons (Fsp3) is 0.273. The van der Waals surface area contributed by atoms with Crippen molar-refractivity contribution in [3.8, 4) is 0 Å². The van der Waals surface area contributed by atoms with E-state index in [9.17, 15) is 4.39 Å². The van der Waals surface area contributed by atoms with Gasteiger partial charge >= 0.3 is 0 Å². The van der Waals surface area contributed by atoms with Crippen LogP contribution in [0.5, 0.6) is 0 Å². The van der Waals surface area contributed by atoms with E-state index in [0.29, 0.717) is 6.04 Å². The van der Waals surface area contributed by atoms with E-state index < -0.39 is 0 Å². The van der Waals surface area contributed by atoms with Crippen LogP contribution < -0.4 is 5.32 Å². The molecule has 0 amide bonds. The maximum atomic E-state index is 12.6. The predicted octanol–water partition coefficient (Wildman–Crippen LogP) is 2.79. The molecule has 1 nitrogen and oxygen atoms in total. The highest BCUT2D eigenvalue weighted by Crippen LogP contribution is 2.10. The van der Waals surface area contributed by atoms with Crippen LogP contribution in [0.25, 0.3) is 5.70 Å². The summed E-state index contributed by atoms with van der Waals surface area (Å²) in [5, 5.41) is 3.16. The molecule has 0 atom stereocenters. The third-order valence-corrected chi connectivity index (χ3v) is 1.66. The third-order valence-electron chi connectivity index (χ3n) is 1.66. The Morgan fingerprint density at radius 2 is 1.85 bits per heavy atom. The topological polar surface area (TPSA) is 12.0 Å². The fourth-order valence-corrected chi connectivity index (χ4v) is 1.08. The number of rotatable bonds is 3. The van der Waals surface area contributed by atoms with Crippen LogP contribution in [-0.4, -0.2) is 6.04 Å². The second kappa shape index (κ2) is 4.08. The summed E-state index contributed by atoms with van der Waals surface area (Å²) in [6, 6.07) is 6.64. The summed E-state index contributed by atoms with van der Waals surface area (Å²) in [5.74, 6) is -0.221. The summed E-state index contributed by atoms with van der Waals surface area (Å²) < 4.78 is 12.6. The second-order valence-electron chi connectivity index (χ2n) is 3.28. The molecular formula is C11H14FN. The maximum absolute atomic E-state index is 12.6. The van der Waals surface area contributed by atoms with E-state index in [1.54, 1.807) is 12.1 Å². The number of benzene rings is 1. The highest BCUT2D eigenvalue weighted by Gasteiger charge is 1.99. The zero-order valence-electron chi connectivity index (χ0n) is 7.97. The van der Waals surface area contributed by atoms with Crippen molar-refractivity contribution in [2.24, 2.45) is 0 Å². The van der Waals surface area contributed by atoms with Gasteiger partial charge in [0.1, 0.15) is 5.82 Å². The smallest absolute Gasteiger partial charge is 0.123 e. The van der Waals surface area contributed by atoms with Gasteiger partial charge in [-0.3, -0.25) is 0 Å². The largest absolute Gasteiger partial charge is 0.383 e. The minimum absolute atomic E-state index is 0.221. The van der Waals surface area contributed by atoms with Gasteiger partial charge in [0, 0.05) is 11.7 Å². The first kappa shape index (κ1) is 9.78. The first-order valence-corrected chi connectivity index (χ1v) is 4.31. The van der Waals surface area contributed by atoms with E-state index in [1.165, 1.54) is 12.1 Å². The molecule has 0 saturated carbocycles. The van der Waals surface area contributed by atoms with E-state index in [2.05, 4.69) is 11.9 Å². The molecule has 1 rings (SSSR count). The predicted molar refractivity (Wildman–Crippen MR) is 53.7 cm³/mol. The molecule has 1 N–H and O–H groups in total. The standard InChI is InChI=1S/C11H14FN/c1-8(2)13-9(3)10-4-6-11(12)7-5-10/h4-8,13H,3H2,1-2H3. The van der Waals surface area contributed by atoms with Crippen molar-refractivity contribution >= 4 is 5.70 Å². The molecule has 70 valence electrons. The Morgan fingerprint density at radius 1 is 1.31 bits per heavy atom. The number of nitrogens with one attached hydrogen (secondary N) is 1. The molecule has 0 aliphatic heterocycles. The molecule has 0 aromatic heterocycles. The molecule has 13 heavy (non-hydrogen) atoms. The van der Waals surface area contributed by atoms with Crippen LogP contribution in [0.3, 0.4) is 0 Å². The van der Waals surface area contributed by atoms with E-state index in [1.807, 2.05) is 13.8 Å². The SMILES string of the molecule is C=C(NC(C)C)c1ccc(F)cc1. The summed E-state index contributed by atoms with van der Waals surface area (Å²) in [5.41, 5.74) is 1.75. The van der Waals surface area contributed by atoms with Crippen LogP contribution in [0.1, 0.15) is 19.4 Å². The Kier molecular flexibility index (Phi) is 3.07. The molecule has 0 unspecified atom stereocenters. The summed E-state index contributed by atoms with van der Waals surface area (Å²) in [7, 11) is 0. The Balaban J connectivity index is 2.72. The van der Waals surface area contributed by atoms with Crippen LogP contribution >= 0.6 is 0 Å². The lowest BCUT2D eigenvalue weighted by atomic mass is 10.1. The van der Waals surface area contributed by atoms with E-state index in [4.69, 9.17) is 0 Å². The van der Waals surface area contributed by atoms with Crippen molar-refractivity contribution in [2.45, 2.75) is 19.9 Å². The molecule has 1 aromatic carbocycles. The third kappa shape index (κ3) is 2.90. The van der Waals surface area contributed by atoms with Crippen LogP contribution in [0.4, 0.5) is 4.39 Å². The lowest BCUT2D eigenvalue weighted by Gasteiger charge is -2.12. The van der Waals surface area contributed by atoms with Gasteiger partial charge < -0.3 is 5.32 Å². The fourth-order valence-electron chi connectivity index (χ4n) is 1.08. The van der Waals surface area contributed by atoms with Crippen molar-refractivity contribution in [1.82, 2.24) is 5.32 Å². The molecule has 0 aliphatic rings. The van der Waals surface area contributed by atoms with Gasteiger partial charge in [-0.15, -0.1) is 0 Å². The summed E-state index contributed by atoms with van der Waals surface area (Å²) in [6.07, 6.45) is 0. The van der Waals surface area contributed by atoms with Crippen molar-refractivity contribution in [3.63, 3.8) is 0 Å². The van der Waals surface area contributed by atoms with Gasteiger partial charge in [0.25, 0.3) is 0 Å². The molecule has 0 spiro atoms. The Bertz CT molecular complexity index is 287. The average Bonchev–Trinajstić information content (AvgIpc) is 2.04. The molecule has 0 heterocycles. The van der Waals surface area contributed by atoms with Crippen molar-refractivity contribution < 1.29 is 4.39 Å². The minimum Gasteiger partial charge on any atom is -0.383 e. The molecule has 0 saturated heterocycles. The summed E-state index contributed by atoms with van der Waals surface area (Å²) in [4.78, 5) is 0. The van der Waals surface area contributed by atoms with Crippen LogP contribution in [0.15, 0.2) is 30.8 Å². The van der Waals surface area contributed by atoms with Gasteiger partial charge in [0.2, 0.25) is 0 Å². The average molecular weight is 179 g/mol. The molecule has 0 fully saturated rings. The quantitative estimate of drug-likeness (QED) is 0.752. The summed E-state index contributed by atoms with van der Waals surface area (Å²) in [6.45, 7) is 7.93. The molecule has 0 bridgehead atoms. The zero-order valence-corrected chi connectivity index (χ0v) is 7.97. The summed E-state index contributed by atoms with van der Waals surface area (Å²) >= 11 is 0. The number of halogens is 1. The highest BCUT2D eigenvalue weighted by atomic mass is 19.1. The second-order valence-corrected chi connectivity index (χ2v) is 3.28. The molecular weight excluding hydrogens is 165 g/mol. The van der Waals surface area contributed by atoms with E-state index in [-0.39, 0.29) is 5.82 Å². The normalized spacial score (nSPS) is 10.2. The van der Waals surface area contributed by atoms with E-state index >= 15 is 0 Å². The number of hydrogen-bond acceptors (Lipinski definition) is 1. The molecule has 1 aromatic rings. The molecule has 0 aliphatic carbocycles. The minimum atomic E-state index is -0.221. The molecule has 0 radical (unpaired) electrons. The van der Waals surface area contributed by atoms with Gasteiger partial charge in [-0.2, -0.15) is 0 Å². The lowest BCUT2D eigenvalue weighted by molar-refractivity contribution is 0.627. The lowest BCUT2D eigenvalue weighted by Crippen LogP contribution is -2.20.